The number of carbonyl (C=O) groups is 9. The number of nitrogens with zero attached hydrogens (tertiary/aromatic N) is 9. The fourth-order valence-corrected chi connectivity index (χ4v) is 15.9. The number of anilines is 3. The Labute approximate surface area is 621 Å². The van der Waals surface area contributed by atoms with Crippen molar-refractivity contribution in [2.24, 2.45) is 34.0 Å². The highest BCUT2D eigenvalue weighted by Gasteiger charge is 2.70. The Bertz CT molecular complexity index is 4870. The molecule has 6 fully saturated rings. The van der Waals surface area contributed by atoms with Gasteiger partial charge in [0, 0.05) is 24.0 Å². The normalized spacial score (nSPS) is 25.1. The number of ether oxygens (including phenoxy) is 3. The van der Waals surface area contributed by atoms with Crippen molar-refractivity contribution in [2.75, 3.05) is 34.3 Å². The lowest BCUT2D eigenvalue weighted by Crippen LogP contribution is -2.77. The zero-order valence-electron chi connectivity index (χ0n) is 58.8. The summed E-state index contributed by atoms with van der Waals surface area (Å²) >= 11 is 0. The molecule has 6 aromatic rings. The molecule has 12 amide bonds. The molecule has 0 saturated carbocycles. The summed E-state index contributed by atoms with van der Waals surface area (Å²) in [7, 11) is 0. The van der Waals surface area contributed by atoms with Gasteiger partial charge < -0.3 is 42.5 Å². The molecule has 9 aliphatic heterocycles. The van der Waals surface area contributed by atoms with Gasteiger partial charge in [-0.05, 0) is 90.1 Å². The van der Waals surface area contributed by atoms with Gasteiger partial charge in [-0.15, -0.1) is 0 Å². The maximum atomic E-state index is 15.3. The number of aromatic nitrogens is 6. The van der Waals surface area contributed by atoms with Gasteiger partial charge in [-0.1, -0.05) is 57.0 Å². The molecule has 6 N–H and O–H groups in total. The lowest BCUT2D eigenvalue weighted by atomic mass is 9.65. The van der Waals surface area contributed by atoms with E-state index in [0.29, 0.717) is 0 Å². The minimum absolute atomic E-state index is 0.0195. The number of imide groups is 6. The van der Waals surface area contributed by atoms with E-state index in [2.05, 4.69) is 50.1 Å². The van der Waals surface area contributed by atoms with E-state index in [4.69, 9.17) is 18.7 Å². The standard InChI is InChI=1S/C22H18F7N5O5.C22H19F6N5O5.C22H21F4N5O5/c1-7(2)13-14-20(16(35)31-19(37)32-17(20)36)5-8-3-9(15-30-18(39-33-15)22(27,28)29)10(23)4-11(8)34(14)6-12(38-13)21(24,25)26;1-7(2)13-14-21(18(34)30-20(36)31-19(21)35)5-8-3-9(16-29-17(15(24)25)38-32-16)10(23)4-11(8)33(14)6-12(37-13)22(26,27)28;1-8(2)15-16-21(18(32)28-20(34)29-19(21)33)6-10-4-11(17-27-9(3)36-30-17)12(23)5-13(10)31(16)7-14(35-15)22(24,25)26/h3-4,7,12-14H,5-6H2,1-2H3,(H2,31,32,35,36,37);3-4,7,12-15H,5-6H2,1-2H3,(H2,30,31,34,35,36);4-5,8,14-16H,6-7H2,1-3H3,(H2,28,29,32,33,34)/t2*12-,13-,14+;14-,15-,16+/m000/s1. The summed E-state index contributed by atoms with van der Waals surface area (Å²) in [5, 5.41) is 22.2. The quantitative estimate of drug-likeness (QED) is 0.0649. The van der Waals surface area contributed by atoms with Gasteiger partial charge >= 0.3 is 55.1 Å². The van der Waals surface area contributed by atoms with E-state index in [9.17, 15) is 105 Å². The highest BCUT2D eigenvalue weighted by molar-refractivity contribution is 6.22. The van der Waals surface area contributed by atoms with Crippen LogP contribution in [0.15, 0.2) is 50.0 Å². The molecule has 3 aromatic carbocycles. The Balaban J connectivity index is 0.000000148. The molecule has 12 heterocycles. The third-order valence-corrected chi connectivity index (χ3v) is 20.8. The number of amides is 12. The summed E-state index contributed by atoms with van der Waals surface area (Å²) in [5.41, 5.74) is -7.59. The molecule has 606 valence electrons. The smallest absolute Gasteiger partial charge is 0.361 e. The first-order valence-electron chi connectivity index (χ1n) is 33.9. The average Bonchev–Trinajstić information content (AvgIpc) is 1.17. The molecule has 113 heavy (non-hydrogen) atoms. The highest BCUT2D eigenvalue weighted by Crippen LogP contribution is 2.55. The van der Waals surface area contributed by atoms with Crippen LogP contribution < -0.4 is 46.6 Å². The summed E-state index contributed by atoms with van der Waals surface area (Å²) in [6.07, 6.45) is -35.0. The van der Waals surface area contributed by atoms with Crippen LogP contribution in [-0.4, -0.2) is 177 Å². The number of nitrogens with one attached hydrogen (secondary N) is 6. The zero-order chi connectivity index (χ0) is 82.5. The van der Waals surface area contributed by atoms with Crippen LogP contribution in [0.2, 0.25) is 0 Å². The molecule has 0 aliphatic carbocycles. The lowest BCUT2D eigenvalue weighted by molar-refractivity contribution is -0.250. The van der Waals surface area contributed by atoms with E-state index >= 15 is 13.2 Å². The second-order valence-corrected chi connectivity index (χ2v) is 28.8. The summed E-state index contributed by atoms with van der Waals surface area (Å²) in [4.78, 5) is 129. The molecule has 0 bridgehead atoms. The number of aryl methyl sites for hydroxylation is 1. The van der Waals surface area contributed by atoms with Crippen LogP contribution in [0.4, 0.5) is 106 Å². The molecule has 0 radical (unpaired) electrons. The van der Waals surface area contributed by atoms with E-state index in [0.717, 1.165) is 40.1 Å². The third-order valence-electron chi connectivity index (χ3n) is 20.8. The Morgan fingerprint density at radius 1 is 0.416 bits per heavy atom. The monoisotopic (exact) mass is 1620 g/mol. The number of hydrogen-bond acceptors (Lipinski definition) is 24. The number of hydrogen-bond donors (Lipinski definition) is 6. The van der Waals surface area contributed by atoms with Crippen molar-refractivity contribution in [2.45, 2.75) is 154 Å². The Morgan fingerprint density at radius 3 is 0.947 bits per heavy atom. The van der Waals surface area contributed by atoms with E-state index in [1.807, 2.05) is 21.3 Å². The van der Waals surface area contributed by atoms with Crippen LogP contribution in [-0.2, 0) is 68.4 Å². The summed E-state index contributed by atoms with van der Waals surface area (Å²) in [6, 6.07) is -1.37. The predicted octanol–water partition coefficient (Wildman–Crippen LogP) is 8.10. The van der Waals surface area contributed by atoms with Crippen molar-refractivity contribution in [1.82, 2.24) is 62.3 Å². The van der Waals surface area contributed by atoms with Gasteiger partial charge in [0.25, 0.3) is 5.89 Å². The Kier molecular flexibility index (Phi) is 19.8. The largest absolute Gasteiger partial charge is 0.471 e. The first-order valence-corrected chi connectivity index (χ1v) is 33.9. The number of halogens is 17. The van der Waals surface area contributed by atoms with Crippen molar-refractivity contribution < 1.29 is 146 Å². The Hall–Kier alpha value is -11.0. The molecule has 47 heteroatoms. The summed E-state index contributed by atoms with van der Waals surface area (Å²) < 4.78 is 265. The van der Waals surface area contributed by atoms with Gasteiger partial charge in [0.15, 0.2) is 34.6 Å². The van der Waals surface area contributed by atoms with Crippen LogP contribution in [0.25, 0.3) is 34.2 Å². The summed E-state index contributed by atoms with van der Waals surface area (Å²) in [6.45, 7) is 8.15. The van der Waals surface area contributed by atoms with Crippen molar-refractivity contribution in [3.05, 3.63) is 88.2 Å². The fourth-order valence-electron chi connectivity index (χ4n) is 15.9. The second kappa shape index (κ2) is 28.0. The number of rotatable bonds is 7. The second-order valence-electron chi connectivity index (χ2n) is 28.8. The first kappa shape index (κ1) is 80.1. The minimum Gasteiger partial charge on any atom is -0.361 e. The third kappa shape index (κ3) is 13.7. The van der Waals surface area contributed by atoms with Crippen LogP contribution in [0.3, 0.4) is 0 Å². The maximum Gasteiger partial charge on any atom is 0.471 e. The molecule has 9 aliphatic rings. The molecule has 0 unspecified atom stereocenters. The van der Waals surface area contributed by atoms with Gasteiger partial charge in [0.05, 0.1) is 72.8 Å². The molecule has 15 rings (SSSR count). The van der Waals surface area contributed by atoms with Gasteiger partial charge in [-0.3, -0.25) is 60.7 Å². The van der Waals surface area contributed by atoms with Gasteiger partial charge in [-0.25, -0.2) is 27.6 Å². The van der Waals surface area contributed by atoms with Crippen molar-refractivity contribution in [1.29, 1.82) is 0 Å². The van der Waals surface area contributed by atoms with Crippen LogP contribution >= 0.6 is 0 Å². The molecular weight excluding hydrogens is 1570 g/mol. The van der Waals surface area contributed by atoms with E-state index in [-0.39, 0.29) is 57.5 Å². The molecule has 6 saturated heterocycles. The number of fused-ring (bicyclic) bond motifs is 12. The van der Waals surface area contributed by atoms with Gasteiger partial charge in [0.2, 0.25) is 58.8 Å². The molecule has 30 nitrogen and oxygen atoms in total. The zero-order valence-corrected chi connectivity index (χ0v) is 58.8. The Morgan fingerprint density at radius 2 is 0.699 bits per heavy atom. The number of morpholine rings is 3. The van der Waals surface area contributed by atoms with Gasteiger partial charge in [-0.2, -0.15) is 76.4 Å². The molecule has 3 spiro atoms. The summed E-state index contributed by atoms with van der Waals surface area (Å²) in [5.74, 6) is -15.5. The van der Waals surface area contributed by atoms with Crippen LogP contribution in [0.1, 0.15) is 82.3 Å². The number of carbonyl (C=O) groups excluding carboxylic acids is 9. The molecule has 3 aromatic heterocycles. The fraction of sp³-hybridized carbons (Fsp3) is 0.500. The number of benzene rings is 3. The number of urea groups is 3. The molecule has 9 atom stereocenters. The maximum absolute atomic E-state index is 15.3. The minimum atomic E-state index is -5.04. The van der Waals surface area contributed by atoms with Crippen molar-refractivity contribution >= 4 is 70.6 Å². The van der Waals surface area contributed by atoms with E-state index in [1.54, 1.807) is 13.8 Å². The SMILES string of the molecule is CC(C)[C@@H]1O[C@H](C(F)(F)F)CN2c3cc(F)c(-c4noc(C(F)(F)F)n4)cc3CC3(C(=O)NC(=O)NC3=O)[C@@H]12.CC(C)[C@@H]1O[C@H](C(F)(F)F)CN2c3cc(F)c(-c4noc(C(F)F)n4)cc3CC3(C(=O)NC(=O)NC3=O)[C@@H]12.Cc1nc(-c2cc3c(cc2F)N2C[C@@H](C(F)(F)F)O[C@@H](C(C)C)[C@@H]2C2(C3)C(=O)NC(=O)NC2=O)no1. The van der Waals surface area contributed by atoms with Crippen molar-refractivity contribution in [3.63, 3.8) is 0 Å². The van der Waals surface area contributed by atoms with Crippen LogP contribution in [0.5, 0.6) is 0 Å². The van der Waals surface area contributed by atoms with Crippen molar-refractivity contribution in [3.8, 4) is 34.2 Å². The van der Waals surface area contributed by atoms with Crippen LogP contribution in [0, 0.1) is 58.4 Å². The predicted molar refractivity (Wildman–Crippen MR) is 339 cm³/mol. The van der Waals surface area contributed by atoms with E-state index in [1.165, 1.54) is 45.6 Å². The number of alkyl halides is 14. The average molecular weight is 1620 g/mol. The first-order chi connectivity index (χ1) is 52.6. The molecular formula is C66H58F17N15O15. The van der Waals surface area contributed by atoms with E-state index < -0.39 is 258 Å². The number of barbiturate groups is 3. The highest BCUT2D eigenvalue weighted by atomic mass is 19.4. The van der Waals surface area contributed by atoms with Gasteiger partial charge in [0.1, 0.15) is 17.5 Å². The lowest BCUT2D eigenvalue weighted by Gasteiger charge is -2.57. The topological polar surface area (TPSA) is 380 Å².